The van der Waals surface area contributed by atoms with E-state index in [9.17, 15) is 9.18 Å². The van der Waals surface area contributed by atoms with Gasteiger partial charge in [0.2, 0.25) is 11.6 Å². The molecule has 2 rings (SSSR count). The number of alkyl halides is 1. The second kappa shape index (κ2) is 6.36. The van der Waals surface area contributed by atoms with Crippen molar-refractivity contribution >= 4 is 5.91 Å². The molecule has 0 spiro atoms. The number of carbonyl (C=O) groups is 1. The standard InChI is InChI=1S/C17H17FN2O/c1-13(14-7-3-2-4-8-14)20-16(21)11-15-9-5-6-10-17(15,18)12-19/h2-10,13,15H,11H2,1H3,(H,20,21)/t13-,15-,17?/m1/s1. The van der Waals surface area contributed by atoms with Crippen molar-refractivity contribution in [3.63, 3.8) is 0 Å². The predicted octanol–water partition coefficient (Wildman–Crippen LogP) is 3.23. The second-order valence-corrected chi connectivity index (χ2v) is 5.13. The van der Waals surface area contributed by atoms with E-state index in [4.69, 9.17) is 5.26 Å². The molecule has 108 valence electrons. The lowest BCUT2D eigenvalue weighted by atomic mass is 9.84. The lowest BCUT2D eigenvalue weighted by Gasteiger charge is -2.25. The summed E-state index contributed by atoms with van der Waals surface area (Å²) in [6.07, 6.45) is 5.86. The van der Waals surface area contributed by atoms with Gasteiger partial charge in [-0.2, -0.15) is 5.26 Å². The number of nitrogens with one attached hydrogen (secondary N) is 1. The van der Waals surface area contributed by atoms with Crippen LogP contribution in [0.5, 0.6) is 0 Å². The van der Waals surface area contributed by atoms with Crippen molar-refractivity contribution in [2.45, 2.75) is 25.1 Å². The fourth-order valence-corrected chi connectivity index (χ4v) is 2.32. The van der Waals surface area contributed by atoms with Crippen LogP contribution in [0, 0.1) is 17.2 Å². The molecule has 0 aliphatic heterocycles. The molecule has 0 aromatic heterocycles. The average molecular weight is 284 g/mol. The van der Waals surface area contributed by atoms with Gasteiger partial charge in [0.25, 0.3) is 0 Å². The third-order valence-electron chi connectivity index (χ3n) is 3.59. The van der Waals surface area contributed by atoms with Crippen LogP contribution in [-0.4, -0.2) is 11.6 Å². The van der Waals surface area contributed by atoms with E-state index in [2.05, 4.69) is 5.32 Å². The van der Waals surface area contributed by atoms with E-state index in [-0.39, 0.29) is 18.4 Å². The zero-order chi connectivity index (χ0) is 15.3. The Balaban J connectivity index is 1.98. The number of amides is 1. The SMILES string of the molecule is C[C@@H](NC(=O)C[C@H]1C=CC=CC1(F)C#N)c1ccccc1. The van der Waals surface area contributed by atoms with Gasteiger partial charge >= 0.3 is 0 Å². The van der Waals surface area contributed by atoms with Crippen LogP contribution >= 0.6 is 0 Å². The van der Waals surface area contributed by atoms with Crippen molar-refractivity contribution in [3.05, 3.63) is 60.2 Å². The Kier molecular flexibility index (Phi) is 4.54. The Hall–Kier alpha value is -2.41. The largest absolute Gasteiger partial charge is 0.350 e. The van der Waals surface area contributed by atoms with E-state index < -0.39 is 11.6 Å². The summed E-state index contributed by atoms with van der Waals surface area (Å²) in [5.74, 6) is -1.02. The molecule has 1 unspecified atom stereocenters. The van der Waals surface area contributed by atoms with Crippen LogP contribution in [0.4, 0.5) is 4.39 Å². The minimum Gasteiger partial charge on any atom is -0.350 e. The molecule has 1 aliphatic carbocycles. The molecule has 21 heavy (non-hydrogen) atoms. The van der Waals surface area contributed by atoms with E-state index in [1.807, 2.05) is 37.3 Å². The van der Waals surface area contributed by atoms with Crippen molar-refractivity contribution in [2.75, 3.05) is 0 Å². The molecule has 0 saturated carbocycles. The molecule has 1 aliphatic rings. The summed E-state index contributed by atoms with van der Waals surface area (Å²) in [5, 5.41) is 11.8. The smallest absolute Gasteiger partial charge is 0.221 e. The lowest BCUT2D eigenvalue weighted by molar-refractivity contribution is -0.122. The molecule has 1 amide bonds. The lowest BCUT2D eigenvalue weighted by Crippen LogP contribution is -2.35. The summed E-state index contributed by atoms with van der Waals surface area (Å²) in [5.41, 5.74) is -1.13. The van der Waals surface area contributed by atoms with E-state index >= 15 is 0 Å². The summed E-state index contributed by atoms with van der Waals surface area (Å²) in [7, 11) is 0. The molecule has 4 heteroatoms. The van der Waals surface area contributed by atoms with Gasteiger partial charge in [0.15, 0.2) is 0 Å². The van der Waals surface area contributed by atoms with Crippen molar-refractivity contribution in [1.82, 2.24) is 5.32 Å². The molecule has 0 heterocycles. The molecule has 0 radical (unpaired) electrons. The monoisotopic (exact) mass is 284 g/mol. The number of hydrogen-bond donors (Lipinski definition) is 1. The molecule has 0 fully saturated rings. The first kappa shape index (κ1) is 15.0. The maximum Gasteiger partial charge on any atom is 0.221 e. The van der Waals surface area contributed by atoms with Crippen LogP contribution in [-0.2, 0) is 4.79 Å². The molecular weight excluding hydrogens is 267 g/mol. The molecular formula is C17H17FN2O. The van der Waals surface area contributed by atoms with Gasteiger partial charge in [0.05, 0.1) is 6.04 Å². The van der Waals surface area contributed by atoms with Gasteiger partial charge in [-0.3, -0.25) is 4.79 Å². The van der Waals surface area contributed by atoms with Crippen molar-refractivity contribution in [1.29, 1.82) is 5.26 Å². The number of nitriles is 1. The molecule has 0 saturated heterocycles. The fourth-order valence-electron chi connectivity index (χ4n) is 2.32. The molecule has 3 nitrogen and oxygen atoms in total. The second-order valence-electron chi connectivity index (χ2n) is 5.13. The van der Waals surface area contributed by atoms with Crippen LogP contribution in [0.3, 0.4) is 0 Å². The quantitative estimate of drug-likeness (QED) is 0.923. The molecule has 3 atom stereocenters. The van der Waals surface area contributed by atoms with Gasteiger partial charge < -0.3 is 5.32 Å². The van der Waals surface area contributed by atoms with E-state index in [1.165, 1.54) is 12.2 Å². The number of hydrogen-bond acceptors (Lipinski definition) is 2. The Morgan fingerprint density at radius 2 is 2.14 bits per heavy atom. The van der Waals surface area contributed by atoms with Gasteiger partial charge in [0, 0.05) is 12.3 Å². The molecule has 1 N–H and O–H groups in total. The summed E-state index contributed by atoms with van der Waals surface area (Å²) in [4.78, 5) is 12.1. The molecule has 0 bridgehead atoms. The third-order valence-corrected chi connectivity index (χ3v) is 3.59. The average Bonchev–Trinajstić information content (AvgIpc) is 2.50. The third kappa shape index (κ3) is 3.57. The summed E-state index contributed by atoms with van der Waals surface area (Å²) < 4.78 is 14.3. The first-order valence-corrected chi connectivity index (χ1v) is 6.85. The highest BCUT2D eigenvalue weighted by atomic mass is 19.1. The highest BCUT2D eigenvalue weighted by molar-refractivity contribution is 5.77. The van der Waals surface area contributed by atoms with Crippen molar-refractivity contribution < 1.29 is 9.18 Å². The molecule has 1 aromatic carbocycles. The Labute approximate surface area is 123 Å². The summed E-state index contributed by atoms with van der Waals surface area (Å²) in [6.45, 7) is 1.87. The van der Waals surface area contributed by atoms with Crippen LogP contribution in [0.1, 0.15) is 24.9 Å². The van der Waals surface area contributed by atoms with E-state index in [1.54, 1.807) is 18.2 Å². The van der Waals surface area contributed by atoms with Crippen LogP contribution in [0.2, 0.25) is 0 Å². The van der Waals surface area contributed by atoms with Gasteiger partial charge in [-0.25, -0.2) is 4.39 Å². The normalized spacial score (nSPS) is 25.1. The predicted molar refractivity (Wildman–Crippen MR) is 78.8 cm³/mol. The maximum atomic E-state index is 14.3. The Bertz CT molecular complexity index is 603. The van der Waals surface area contributed by atoms with Crippen molar-refractivity contribution in [2.24, 2.45) is 5.92 Å². The van der Waals surface area contributed by atoms with Crippen LogP contribution in [0.15, 0.2) is 54.6 Å². The van der Waals surface area contributed by atoms with Gasteiger partial charge in [0.1, 0.15) is 6.07 Å². The van der Waals surface area contributed by atoms with Crippen LogP contribution in [0.25, 0.3) is 0 Å². The zero-order valence-corrected chi connectivity index (χ0v) is 11.8. The minimum atomic E-state index is -2.11. The Morgan fingerprint density at radius 1 is 1.43 bits per heavy atom. The number of nitrogens with zero attached hydrogens (tertiary/aromatic N) is 1. The Morgan fingerprint density at radius 3 is 2.81 bits per heavy atom. The summed E-state index contributed by atoms with van der Waals surface area (Å²) >= 11 is 0. The number of carbonyl (C=O) groups excluding carboxylic acids is 1. The minimum absolute atomic E-state index is 0.0535. The van der Waals surface area contributed by atoms with Gasteiger partial charge in [-0.1, -0.05) is 48.6 Å². The number of rotatable bonds is 4. The van der Waals surface area contributed by atoms with Crippen LogP contribution < -0.4 is 5.32 Å². The first-order valence-electron chi connectivity index (χ1n) is 6.85. The van der Waals surface area contributed by atoms with Gasteiger partial charge in [-0.15, -0.1) is 0 Å². The van der Waals surface area contributed by atoms with E-state index in [0.717, 1.165) is 5.56 Å². The maximum absolute atomic E-state index is 14.3. The zero-order valence-electron chi connectivity index (χ0n) is 11.8. The van der Waals surface area contributed by atoms with Crippen molar-refractivity contribution in [3.8, 4) is 6.07 Å². The number of allylic oxidation sites excluding steroid dienone is 4. The molecule has 1 aromatic rings. The number of benzene rings is 1. The topological polar surface area (TPSA) is 52.9 Å². The number of halogens is 1. The fraction of sp³-hybridized carbons (Fsp3) is 0.294. The highest BCUT2D eigenvalue weighted by Gasteiger charge is 2.37. The summed E-state index contributed by atoms with van der Waals surface area (Å²) in [6, 6.07) is 11.0. The highest BCUT2D eigenvalue weighted by Crippen LogP contribution is 2.30. The van der Waals surface area contributed by atoms with E-state index in [0.29, 0.717) is 0 Å². The van der Waals surface area contributed by atoms with Gasteiger partial charge in [-0.05, 0) is 18.6 Å². The first-order chi connectivity index (χ1) is 10.0.